The van der Waals surface area contributed by atoms with Gasteiger partial charge in [0.05, 0.1) is 12.8 Å². The third-order valence-corrected chi connectivity index (χ3v) is 4.90. The monoisotopic (exact) mass is 529 g/mol. The van der Waals surface area contributed by atoms with Gasteiger partial charge in [-0.3, -0.25) is 9.79 Å². The van der Waals surface area contributed by atoms with Gasteiger partial charge in [0.1, 0.15) is 5.01 Å². The number of thiazole rings is 1. The van der Waals surface area contributed by atoms with E-state index in [1.165, 1.54) is 6.26 Å². The number of hydrogen-bond donors (Lipinski definition) is 1. The van der Waals surface area contributed by atoms with E-state index in [2.05, 4.69) is 15.3 Å². The van der Waals surface area contributed by atoms with Crippen molar-refractivity contribution in [2.75, 3.05) is 33.2 Å². The van der Waals surface area contributed by atoms with Crippen LogP contribution in [-0.4, -0.2) is 59.9 Å². The molecule has 1 saturated heterocycles. The quantitative estimate of drug-likeness (QED) is 0.376. The molecule has 154 valence electrons. The minimum atomic E-state index is -4.44. The Kier molecular flexibility index (Phi) is 7.69. The first-order valence-electron chi connectivity index (χ1n) is 8.18. The van der Waals surface area contributed by atoms with Gasteiger partial charge in [-0.05, 0) is 12.1 Å². The molecule has 2 aromatic rings. The molecule has 3 rings (SSSR count). The van der Waals surface area contributed by atoms with Crippen LogP contribution in [0, 0.1) is 0 Å². The Hall–Kier alpha value is -1.83. The highest BCUT2D eigenvalue weighted by Gasteiger charge is 2.33. The largest absolute Gasteiger partial charge is 0.459 e. The van der Waals surface area contributed by atoms with Gasteiger partial charge in [-0.2, -0.15) is 13.2 Å². The molecule has 1 aliphatic rings. The highest BCUT2D eigenvalue weighted by Crippen LogP contribution is 2.29. The van der Waals surface area contributed by atoms with Crippen molar-refractivity contribution in [3.63, 3.8) is 0 Å². The number of aliphatic imine (C=N–C) groups is 1. The number of piperazine rings is 1. The Morgan fingerprint density at radius 2 is 2.00 bits per heavy atom. The number of nitrogens with zero attached hydrogens (tertiary/aromatic N) is 4. The van der Waals surface area contributed by atoms with Gasteiger partial charge in [0, 0.05) is 38.6 Å². The first-order valence-corrected chi connectivity index (χ1v) is 9.06. The van der Waals surface area contributed by atoms with Crippen LogP contribution >= 0.6 is 35.3 Å². The highest BCUT2D eigenvalue weighted by molar-refractivity contribution is 14.0. The van der Waals surface area contributed by atoms with Crippen LogP contribution in [0.1, 0.15) is 21.3 Å². The van der Waals surface area contributed by atoms with E-state index in [4.69, 9.17) is 4.42 Å². The number of amides is 1. The predicted molar refractivity (Wildman–Crippen MR) is 109 cm³/mol. The van der Waals surface area contributed by atoms with Gasteiger partial charge in [0.15, 0.2) is 17.4 Å². The molecule has 0 atom stereocenters. The Morgan fingerprint density at radius 3 is 2.54 bits per heavy atom. The fourth-order valence-corrected chi connectivity index (χ4v) is 3.43. The summed E-state index contributed by atoms with van der Waals surface area (Å²) in [6.07, 6.45) is -2.98. The van der Waals surface area contributed by atoms with Gasteiger partial charge in [-0.1, -0.05) is 0 Å². The van der Waals surface area contributed by atoms with Crippen molar-refractivity contribution in [1.29, 1.82) is 0 Å². The van der Waals surface area contributed by atoms with Crippen molar-refractivity contribution in [3.05, 3.63) is 40.2 Å². The highest BCUT2D eigenvalue weighted by atomic mass is 127. The number of carbonyl (C=O) groups excluding carboxylic acids is 1. The molecule has 0 spiro atoms. The van der Waals surface area contributed by atoms with E-state index in [0.717, 1.165) is 16.7 Å². The lowest BCUT2D eigenvalue weighted by atomic mass is 10.3. The van der Waals surface area contributed by atoms with Crippen LogP contribution in [0.25, 0.3) is 0 Å². The molecule has 3 heterocycles. The van der Waals surface area contributed by atoms with Crippen LogP contribution < -0.4 is 5.32 Å². The first-order chi connectivity index (χ1) is 12.9. The van der Waals surface area contributed by atoms with E-state index in [0.29, 0.717) is 42.9 Å². The number of aromatic nitrogens is 1. The minimum absolute atomic E-state index is 0. The lowest BCUT2D eigenvalue weighted by Gasteiger charge is -2.36. The number of alkyl halides is 3. The molecule has 7 nitrogen and oxygen atoms in total. The Morgan fingerprint density at radius 1 is 1.32 bits per heavy atom. The smallest absolute Gasteiger partial charge is 0.434 e. The van der Waals surface area contributed by atoms with Gasteiger partial charge in [-0.15, -0.1) is 35.3 Å². The van der Waals surface area contributed by atoms with Crippen LogP contribution in [0.15, 0.2) is 33.2 Å². The summed E-state index contributed by atoms with van der Waals surface area (Å²) >= 11 is 0.948. The van der Waals surface area contributed by atoms with Crippen LogP contribution in [0.4, 0.5) is 13.2 Å². The zero-order valence-electron chi connectivity index (χ0n) is 14.9. The third kappa shape index (κ3) is 5.37. The summed E-state index contributed by atoms with van der Waals surface area (Å²) in [5.41, 5.74) is -0.885. The molecule has 1 N–H and O–H groups in total. The lowest BCUT2D eigenvalue weighted by molar-refractivity contribution is -0.140. The van der Waals surface area contributed by atoms with Crippen molar-refractivity contribution in [3.8, 4) is 0 Å². The van der Waals surface area contributed by atoms with E-state index >= 15 is 0 Å². The molecule has 0 radical (unpaired) electrons. The molecule has 0 aliphatic carbocycles. The summed E-state index contributed by atoms with van der Waals surface area (Å²) in [6, 6.07) is 3.29. The maximum Gasteiger partial charge on any atom is 0.434 e. The predicted octanol–water partition coefficient (Wildman–Crippen LogP) is 2.91. The minimum Gasteiger partial charge on any atom is -0.459 e. The summed E-state index contributed by atoms with van der Waals surface area (Å²) in [5, 5.41) is 4.35. The molecule has 1 aliphatic heterocycles. The number of rotatable bonds is 3. The normalized spacial score (nSPS) is 15.4. The summed E-state index contributed by atoms with van der Waals surface area (Å²) in [5.74, 6) is 0.698. The van der Waals surface area contributed by atoms with Gasteiger partial charge in [0.25, 0.3) is 5.91 Å². The molecular formula is C16H19F3IN5O2S. The number of carbonyl (C=O) groups is 1. The Bertz CT molecular complexity index is 802. The maximum absolute atomic E-state index is 12.6. The molecule has 0 unspecified atom stereocenters. The van der Waals surface area contributed by atoms with Crippen LogP contribution in [0.5, 0.6) is 0 Å². The standard InChI is InChI=1S/C16H18F3N5O2S.HI/c1-20-15(21-9-13-22-12(10-27-13)16(17,18)19)24-6-4-23(5-7-24)14(25)11-3-2-8-26-11;/h2-3,8,10H,4-7,9H2,1H3,(H,20,21);1H. The summed E-state index contributed by atoms with van der Waals surface area (Å²) < 4.78 is 43.0. The van der Waals surface area contributed by atoms with E-state index in [1.807, 2.05) is 4.90 Å². The van der Waals surface area contributed by atoms with Crippen molar-refractivity contribution in [1.82, 2.24) is 20.1 Å². The molecule has 0 aromatic carbocycles. The number of furan rings is 1. The molecule has 0 saturated carbocycles. The van der Waals surface area contributed by atoms with E-state index in [1.54, 1.807) is 24.1 Å². The Balaban J connectivity index is 0.00000280. The second-order valence-electron chi connectivity index (χ2n) is 5.78. The number of nitrogens with one attached hydrogen (secondary N) is 1. The average Bonchev–Trinajstić information content (AvgIpc) is 3.34. The third-order valence-electron chi connectivity index (χ3n) is 4.05. The number of guanidine groups is 1. The fourth-order valence-electron chi connectivity index (χ4n) is 2.69. The van der Waals surface area contributed by atoms with Gasteiger partial charge in [0.2, 0.25) is 0 Å². The Labute approximate surface area is 180 Å². The second-order valence-corrected chi connectivity index (χ2v) is 6.72. The second kappa shape index (κ2) is 9.58. The topological polar surface area (TPSA) is 74.0 Å². The van der Waals surface area contributed by atoms with Crippen molar-refractivity contribution >= 4 is 47.2 Å². The molecule has 1 fully saturated rings. The van der Waals surface area contributed by atoms with Crippen molar-refractivity contribution in [2.45, 2.75) is 12.7 Å². The first kappa shape index (κ1) is 22.5. The molecule has 1 amide bonds. The van der Waals surface area contributed by atoms with Crippen LogP contribution in [-0.2, 0) is 12.7 Å². The van der Waals surface area contributed by atoms with Gasteiger partial charge in [-0.25, -0.2) is 4.98 Å². The van der Waals surface area contributed by atoms with Crippen LogP contribution in [0.2, 0.25) is 0 Å². The molecular weight excluding hydrogens is 510 g/mol. The number of halogens is 4. The SMILES string of the molecule is CN=C(NCc1nc(C(F)(F)F)cs1)N1CCN(C(=O)c2ccco2)CC1.I. The molecule has 0 bridgehead atoms. The summed E-state index contributed by atoms with van der Waals surface area (Å²) in [4.78, 5) is 23.7. The van der Waals surface area contributed by atoms with Crippen molar-refractivity contribution in [2.24, 2.45) is 4.99 Å². The van der Waals surface area contributed by atoms with Gasteiger partial charge < -0.3 is 19.5 Å². The van der Waals surface area contributed by atoms with Crippen LogP contribution in [0.3, 0.4) is 0 Å². The maximum atomic E-state index is 12.6. The lowest BCUT2D eigenvalue weighted by Crippen LogP contribution is -2.53. The molecule has 2 aromatic heterocycles. The fraction of sp³-hybridized carbons (Fsp3) is 0.438. The zero-order valence-corrected chi connectivity index (χ0v) is 18.0. The molecule has 28 heavy (non-hydrogen) atoms. The summed E-state index contributed by atoms with van der Waals surface area (Å²) in [6.45, 7) is 2.25. The van der Waals surface area contributed by atoms with Crippen molar-refractivity contribution < 1.29 is 22.4 Å². The molecule has 12 heteroatoms. The number of hydrogen-bond acceptors (Lipinski definition) is 5. The zero-order chi connectivity index (χ0) is 19.4. The van der Waals surface area contributed by atoms with E-state index in [-0.39, 0.29) is 36.4 Å². The summed E-state index contributed by atoms with van der Waals surface area (Å²) in [7, 11) is 1.60. The average molecular weight is 529 g/mol. The van der Waals surface area contributed by atoms with E-state index < -0.39 is 11.9 Å². The van der Waals surface area contributed by atoms with Gasteiger partial charge >= 0.3 is 6.18 Å². The van der Waals surface area contributed by atoms with E-state index in [9.17, 15) is 18.0 Å².